The van der Waals surface area contributed by atoms with Gasteiger partial charge in [0.05, 0.1) is 0 Å². The Morgan fingerprint density at radius 3 is 1.45 bits per heavy atom. The van der Waals surface area contributed by atoms with Gasteiger partial charge in [-0.25, -0.2) is 4.79 Å². The minimum absolute atomic E-state index is 0. The summed E-state index contributed by atoms with van der Waals surface area (Å²) in [5.41, 5.74) is 0. The summed E-state index contributed by atoms with van der Waals surface area (Å²) in [5.74, 6) is -1.19. The number of aliphatic hydroxyl groups is 1. The second kappa shape index (κ2) is 9.96. The number of carbonyl (C=O) groups is 2. The maximum atomic E-state index is 9.45. The van der Waals surface area contributed by atoms with E-state index < -0.39 is 18.2 Å². The largest absolute Gasteiger partial charge is 2.00 e. The Bertz CT molecular complexity index is 118. The van der Waals surface area contributed by atoms with Crippen LogP contribution in [0, 0.1) is 0 Å². The molecule has 1 atom stereocenters. The summed E-state index contributed by atoms with van der Waals surface area (Å²) in [4.78, 5) is 17.8. The Balaban J connectivity index is -0.000000114. The zero-order valence-corrected chi connectivity index (χ0v) is 8.02. The predicted octanol–water partition coefficient (Wildman–Crippen LogP) is -3.38. The van der Waals surface area contributed by atoms with Gasteiger partial charge in [0.15, 0.2) is 0 Å². The second-order valence-electron chi connectivity index (χ2n) is 1.26. The average molecular weight is 190 g/mol. The first kappa shape index (κ1) is 17.2. The van der Waals surface area contributed by atoms with Gasteiger partial charge in [0.1, 0.15) is 6.10 Å². The van der Waals surface area contributed by atoms with Crippen LogP contribution in [0.1, 0.15) is 6.92 Å². The fourth-order valence-corrected chi connectivity index (χ4v) is 0. The van der Waals surface area contributed by atoms with Gasteiger partial charge >= 0.3 is 43.7 Å². The molecule has 11 heavy (non-hydrogen) atoms. The SMILES string of the molecule is C[C@H](O)C(=O)O.O=C([O-])[O-].[Ca+2]. The second-order valence-corrected chi connectivity index (χ2v) is 1.26. The van der Waals surface area contributed by atoms with E-state index in [1.54, 1.807) is 0 Å². The summed E-state index contributed by atoms with van der Waals surface area (Å²) in [6.07, 6.45) is -3.56. The van der Waals surface area contributed by atoms with Crippen molar-refractivity contribution in [1.82, 2.24) is 0 Å². The van der Waals surface area contributed by atoms with E-state index in [9.17, 15) is 4.79 Å². The van der Waals surface area contributed by atoms with Crippen LogP contribution in [0.5, 0.6) is 0 Å². The molecular formula is C4H6CaO6. The number of hydrogen-bond acceptors (Lipinski definition) is 5. The summed E-state index contributed by atoms with van der Waals surface area (Å²) in [5, 5.41) is 32.4. The first-order valence-electron chi connectivity index (χ1n) is 2.16. The molecule has 0 unspecified atom stereocenters. The first-order chi connectivity index (χ1) is 4.37. The summed E-state index contributed by atoms with van der Waals surface area (Å²) in [7, 11) is 0. The molecule has 0 heterocycles. The molecule has 0 aromatic rings. The van der Waals surface area contributed by atoms with Crippen LogP contribution >= 0.6 is 0 Å². The fraction of sp³-hybridized carbons (Fsp3) is 0.500. The molecule has 0 saturated carbocycles. The molecule has 7 heteroatoms. The van der Waals surface area contributed by atoms with Crippen molar-refractivity contribution in [2.24, 2.45) is 0 Å². The van der Waals surface area contributed by atoms with Gasteiger partial charge in [0.2, 0.25) is 0 Å². The van der Waals surface area contributed by atoms with E-state index in [4.69, 9.17) is 25.2 Å². The summed E-state index contributed by atoms with van der Waals surface area (Å²) >= 11 is 0. The number of carboxylic acids is 1. The van der Waals surface area contributed by atoms with Crippen LogP contribution in [0.25, 0.3) is 0 Å². The Labute approximate surface area is 92.5 Å². The van der Waals surface area contributed by atoms with E-state index in [1.165, 1.54) is 6.92 Å². The number of carbonyl (C=O) groups excluding carboxylic acids is 1. The molecule has 6 nitrogen and oxygen atoms in total. The van der Waals surface area contributed by atoms with Crippen molar-refractivity contribution in [2.75, 3.05) is 0 Å². The zero-order valence-electron chi connectivity index (χ0n) is 5.81. The first-order valence-corrected chi connectivity index (χ1v) is 2.16. The molecule has 0 aromatic carbocycles. The third kappa shape index (κ3) is 40.2. The Hall–Kier alpha value is -0.0403. The maximum absolute atomic E-state index is 9.45. The summed E-state index contributed by atoms with van der Waals surface area (Å²) in [6.45, 7) is 1.20. The van der Waals surface area contributed by atoms with E-state index in [-0.39, 0.29) is 37.7 Å². The third-order valence-electron chi connectivity index (χ3n) is 0.357. The van der Waals surface area contributed by atoms with E-state index in [0.29, 0.717) is 0 Å². The normalized spacial score (nSPS) is 9.64. The monoisotopic (exact) mass is 190 g/mol. The topological polar surface area (TPSA) is 121 Å². The standard InChI is InChI=1S/C3H6O3.CH2O3.Ca/c1-2(4)3(5)6;2-1(3)4;/h2,4H,1H3,(H,5,6);(H2,2,3,4);/q;;+2/p-2/t2-;;/m0../s1. The molecule has 0 aliphatic heterocycles. The van der Waals surface area contributed by atoms with Gasteiger partial charge in [-0.1, -0.05) is 0 Å². The molecule has 0 amide bonds. The molecular weight excluding hydrogens is 184 g/mol. The van der Waals surface area contributed by atoms with Crippen molar-refractivity contribution < 1.29 is 30.0 Å². The van der Waals surface area contributed by atoms with Crippen molar-refractivity contribution in [3.05, 3.63) is 0 Å². The van der Waals surface area contributed by atoms with Crippen LogP contribution in [0.4, 0.5) is 4.79 Å². The molecule has 0 radical (unpaired) electrons. The van der Waals surface area contributed by atoms with Crippen LogP contribution in [-0.4, -0.2) is 66.2 Å². The molecule has 0 fully saturated rings. The van der Waals surface area contributed by atoms with Crippen LogP contribution in [0.3, 0.4) is 0 Å². The van der Waals surface area contributed by atoms with Gasteiger partial charge in [0.25, 0.3) is 0 Å². The molecule has 0 aliphatic rings. The molecule has 0 rings (SSSR count). The number of rotatable bonds is 1. The van der Waals surface area contributed by atoms with Crippen LogP contribution in [0.2, 0.25) is 0 Å². The van der Waals surface area contributed by atoms with Crippen molar-refractivity contribution in [3.63, 3.8) is 0 Å². The Morgan fingerprint density at radius 2 is 1.45 bits per heavy atom. The molecule has 2 N–H and O–H groups in total. The van der Waals surface area contributed by atoms with Crippen molar-refractivity contribution in [2.45, 2.75) is 13.0 Å². The van der Waals surface area contributed by atoms with E-state index >= 15 is 0 Å². The van der Waals surface area contributed by atoms with Gasteiger partial charge in [-0.15, -0.1) is 0 Å². The summed E-state index contributed by atoms with van der Waals surface area (Å²) < 4.78 is 0. The van der Waals surface area contributed by atoms with Gasteiger partial charge < -0.3 is 25.2 Å². The number of aliphatic hydroxyl groups excluding tert-OH is 1. The number of hydrogen-bond donors (Lipinski definition) is 2. The Kier molecular flexibility index (Phi) is 15.5. The van der Waals surface area contributed by atoms with Crippen LogP contribution in [-0.2, 0) is 4.79 Å². The van der Waals surface area contributed by atoms with Gasteiger partial charge in [-0.2, -0.15) is 0 Å². The Morgan fingerprint density at radius 1 is 1.36 bits per heavy atom. The van der Waals surface area contributed by atoms with Crippen molar-refractivity contribution in [3.8, 4) is 0 Å². The average Bonchev–Trinajstić information content (AvgIpc) is 1.63. The molecule has 0 aliphatic carbocycles. The number of carboxylic acid groups (broad SMARTS) is 3. The predicted molar refractivity (Wildman–Crippen MR) is 30.5 cm³/mol. The van der Waals surface area contributed by atoms with E-state index in [0.717, 1.165) is 0 Å². The van der Waals surface area contributed by atoms with E-state index in [2.05, 4.69) is 0 Å². The van der Waals surface area contributed by atoms with Crippen molar-refractivity contribution >= 4 is 49.9 Å². The quantitative estimate of drug-likeness (QED) is 0.416. The van der Waals surface area contributed by atoms with E-state index in [1.807, 2.05) is 0 Å². The summed E-state index contributed by atoms with van der Waals surface area (Å²) in [6, 6.07) is 0. The van der Waals surface area contributed by atoms with Gasteiger partial charge in [-0.05, 0) is 13.1 Å². The fourth-order valence-electron chi connectivity index (χ4n) is 0. The van der Waals surface area contributed by atoms with Crippen molar-refractivity contribution in [1.29, 1.82) is 0 Å². The molecule has 0 bridgehead atoms. The van der Waals surface area contributed by atoms with Crippen LogP contribution in [0.15, 0.2) is 0 Å². The van der Waals surface area contributed by atoms with Crippen LogP contribution < -0.4 is 10.2 Å². The van der Waals surface area contributed by atoms with Gasteiger partial charge in [-0.3, -0.25) is 0 Å². The smallest absolute Gasteiger partial charge is 0.652 e. The number of aliphatic carboxylic acids is 1. The molecule has 0 aromatic heterocycles. The molecule has 0 spiro atoms. The van der Waals surface area contributed by atoms with Gasteiger partial charge in [0, 0.05) is 0 Å². The molecule has 0 saturated heterocycles. The zero-order chi connectivity index (χ0) is 8.73. The minimum atomic E-state index is -2.33. The maximum Gasteiger partial charge on any atom is 2.00 e. The minimum Gasteiger partial charge on any atom is -0.652 e. The molecule has 60 valence electrons. The third-order valence-corrected chi connectivity index (χ3v) is 0.357.